The van der Waals surface area contributed by atoms with E-state index in [9.17, 15) is 14.9 Å². The van der Waals surface area contributed by atoms with Crippen LogP contribution in [0.15, 0.2) is 18.2 Å². The number of amides is 1. The maximum absolute atomic E-state index is 12.1. The van der Waals surface area contributed by atoms with Gasteiger partial charge in [0.2, 0.25) is 5.91 Å². The largest absolute Gasteiger partial charge is 0.350 e. The lowest BCUT2D eigenvalue weighted by molar-refractivity contribution is -0.385. The van der Waals surface area contributed by atoms with E-state index in [1.54, 1.807) is 26.0 Å². The van der Waals surface area contributed by atoms with Crippen molar-refractivity contribution in [2.75, 3.05) is 0 Å². The fourth-order valence-electron chi connectivity index (χ4n) is 2.29. The zero-order valence-corrected chi connectivity index (χ0v) is 11.7. The van der Waals surface area contributed by atoms with E-state index in [4.69, 9.17) is 5.73 Å². The van der Waals surface area contributed by atoms with Crippen molar-refractivity contribution >= 4 is 11.6 Å². The molecule has 0 saturated heterocycles. The molecule has 1 aliphatic carbocycles. The minimum Gasteiger partial charge on any atom is -0.350 e. The lowest BCUT2D eigenvalue weighted by Gasteiger charge is -2.23. The van der Waals surface area contributed by atoms with E-state index in [0.29, 0.717) is 5.56 Å². The smallest absolute Gasteiger partial charge is 0.272 e. The van der Waals surface area contributed by atoms with Crippen molar-refractivity contribution in [2.24, 2.45) is 11.7 Å². The molecular formula is C14H19N3O3. The van der Waals surface area contributed by atoms with Gasteiger partial charge in [0.05, 0.1) is 10.5 Å². The predicted molar refractivity (Wildman–Crippen MR) is 75.0 cm³/mol. The first-order valence-electron chi connectivity index (χ1n) is 6.64. The molecule has 1 atom stereocenters. The highest BCUT2D eigenvalue weighted by Gasteiger charge is 2.43. The summed E-state index contributed by atoms with van der Waals surface area (Å²) >= 11 is 0. The summed E-state index contributed by atoms with van der Waals surface area (Å²) in [6.07, 6.45) is 1.96. The molecule has 0 aliphatic heterocycles. The number of benzene rings is 1. The molecule has 1 fully saturated rings. The monoisotopic (exact) mass is 277 g/mol. The van der Waals surface area contributed by atoms with Crippen LogP contribution in [0.3, 0.4) is 0 Å². The predicted octanol–water partition coefficient (Wildman–Crippen LogP) is 1.65. The summed E-state index contributed by atoms with van der Waals surface area (Å²) in [6, 6.07) is 4.85. The van der Waals surface area contributed by atoms with Crippen molar-refractivity contribution in [2.45, 2.75) is 38.8 Å². The molecule has 1 aliphatic rings. The van der Waals surface area contributed by atoms with Crippen LogP contribution in [0, 0.1) is 23.0 Å². The summed E-state index contributed by atoms with van der Waals surface area (Å²) < 4.78 is 0. The Labute approximate surface area is 117 Å². The molecule has 2 rings (SSSR count). The molecule has 20 heavy (non-hydrogen) atoms. The molecule has 108 valence electrons. The fourth-order valence-corrected chi connectivity index (χ4v) is 2.29. The van der Waals surface area contributed by atoms with Crippen molar-refractivity contribution in [1.82, 2.24) is 5.32 Å². The lowest BCUT2D eigenvalue weighted by atomic mass is 9.96. The molecule has 0 bridgehead atoms. The number of carbonyl (C=O) groups is 1. The topological polar surface area (TPSA) is 98.3 Å². The molecule has 0 radical (unpaired) electrons. The van der Waals surface area contributed by atoms with Crippen molar-refractivity contribution in [3.05, 3.63) is 39.4 Å². The normalized spacial score (nSPS) is 17.4. The second-order valence-electron chi connectivity index (χ2n) is 5.56. The third kappa shape index (κ3) is 2.80. The van der Waals surface area contributed by atoms with Crippen LogP contribution in [0.1, 0.15) is 30.9 Å². The second kappa shape index (κ2) is 5.20. The molecule has 3 N–H and O–H groups in total. The number of nitrogens with one attached hydrogen (secondary N) is 1. The summed E-state index contributed by atoms with van der Waals surface area (Å²) in [6.45, 7) is 3.67. The molecule has 0 aromatic heterocycles. The Kier molecular flexibility index (Phi) is 3.76. The lowest BCUT2D eigenvalue weighted by Crippen LogP contribution is -2.53. The van der Waals surface area contributed by atoms with Gasteiger partial charge >= 0.3 is 0 Å². The van der Waals surface area contributed by atoms with E-state index < -0.39 is 10.5 Å². The first-order valence-corrected chi connectivity index (χ1v) is 6.64. The van der Waals surface area contributed by atoms with Crippen LogP contribution in [-0.4, -0.2) is 16.4 Å². The number of nitro benzene ring substituents is 1. The van der Waals surface area contributed by atoms with Gasteiger partial charge in [-0.15, -0.1) is 0 Å². The molecule has 1 amide bonds. The highest BCUT2D eigenvalue weighted by atomic mass is 16.6. The summed E-state index contributed by atoms with van der Waals surface area (Å²) in [4.78, 5) is 22.5. The summed E-state index contributed by atoms with van der Waals surface area (Å²) in [5, 5.41) is 13.6. The molecule has 1 aromatic rings. The molecule has 1 saturated carbocycles. The van der Waals surface area contributed by atoms with Crippen LogP contribution in [0.25, 0.3) is 0 Å². The maximum Gasteiger partial charge on any atom is 0.272 e. The zero-order valence-electron chi connectivity index (χ0n) is 11.7. The number of hydrogen-bond donors (Lipinski definition) is 2. The first kappa shape index (κ1) is 14.5. The van der Waals surface area contributed by atoms with E-state index in [-0.39, 0.29) is 24.1 Å². The van der Waals surface area contributed by atoms with Gasteiger partial charge in [-0.1, -0.05) is 12.1 Å². The average molecular weight is 277 g/mol. The Morgan fingerprint density at radius 2 is 2.20 bits per heavy atom. The van der Waals surface area contributed by atoms with Gasteiger partial charge in [0, 0.05) is 18.2 Å². The average Bonchev–Trinajstić information content (AvgIpc) is 3.21. The minimum atomic E-state index is -0.853. The molecule has 0 spiro atoms. The minimum absolute atomic E-state index is 0.0643. The van der Waals surface area contributed by atoms with Crippen molar-refractivity contribution < 1.29 is 9.72 Å². The fraction of sp³-hybridized carbons (Fsp3) is 0.500. The van der Waals surface area contributed by atoms with Gasteiger partial charge in [0.1, 0.15) is 0 Å². The van der Waals surface area contributed by atoms with Crippen LogP contribution < -0.4 is 11.1 Å². The van der Waals surface area contributed by atoms with E-state index >= 15 is 0 Å². The quantitative estimate of drug-likeness (QED) is 0.631. The summed E-state index contributed by atoms with van der Waals surface area (Å²) in [5.41, 5.74) is 6.54. The second-order valence-corrected chi connectivity index (χ2v) is 5.56. The highest BCUT2D eigenvalue weighted by Crippen LogP contribution is 2.38. The number of hydrogen-bond acceptors (Lipinski definition) is 4. The van der Waals surface area contributed by atoms with Crippen LogP contribution >= 0.6 is 0 Å². The van der Waals surface area contributed by atoms with Gasteiger partial charge in [0.25, 0.3) is 5.69 Å². The van der Waals surface area contributed by atoms with Crippen LogP contribution in [-0.2, 0) is 11.3 Å². The van der Waals surface area contributed by atoms with Crippen molar-refractivity contribution in [3.63, 3.8) is 0 Å². The van der Waals surface area contributed by atoms with Gasteiger partial charge in [-0.3, -0.25) is 14.9 Å². The number of carbonyl (C=O) groups excluding carboxylic acids is 1. The Morgan fingerprint density at radius 1 is 1.55 bits per heavy atom. The van der Waals surface area contributed by atoms with E-state index in [1.807, 2.05) is 0 Å². The van der Waals surface area contributed by atoms with E-state index in [1.165, 1.54) is 6.07 Å². The van der Waals surface area contributed by atoms with Crippen LogP contribution in [0.2, 0.25) is 0 Å². The van der Waals surface area contributed by atoms with Gasteiger partial charge < -0.3 is 11.1 Å². The third-order valence-electron chi connectivity index (χ3n) is 3.97. The standard InChI is InChI=1S/C14H19N3O3/c1-9-10(4-3-5-12(9)17(19)20)8-16-13(18)14(2,15)11-6-7-11/h3-5,11H,6-8,15H2,1-2H3,(H,16,18). The number of nitrogens with two attached hydrogens (primary N) is 1. The van der Waals surface area contributed by atoms with E-state index in [0.717, 1.165) is 18.4 Å². The maximum atomic E-state index is 12.1. The van der Waals surface area contributed by atoms with Crippen molar-refractivity contribution in [1.29, 1.82) is 0 Å². The van der Waals surface area contributed by atoms with E-state index in [2.05, 4.69) is 5.32 Å². The van der Waals surface area contributed by atoms with Crippen molar-refractivity contribution in [3.8, 4) is 0 Å². The number of rotatable bonds is 5. The molecular weight excluding hydrogens is 258 g/mol. The molecule has 6 nitrogen and oxygen atoms in total. The molecule has 1 unspecified atom stereocenters. The Hall–Kier alpha value is -1.95. The van der Waals surface area contributed by atoms with Crippen LogP contribution in [0.5, 0.6) is 0 Å². The first-order chi connectivity index (χ1) is 9.34. The van der Waals surface area contributed by atoms with Gasteiger partial charge in [-0.2, -0.15) is 0 Å². The van der Waals surface area contributed by atoms with Crippen LogP contribution in [0.4, 0.5) is 5.69 Å². The Balaban J connectivity index is 2.06. The van der Waals surface area contributed by atoms with Gasteiger partial charge in [0.15, 0.2) is 0 Å². The summed E-state index contributed by atoms with van der Waals surface area (Å²) in [5.74, 6) is 0.0413. The zero-order chi connectivity index (χ0) is 14.9. The molecule has 1 aromatic carbocycles. The molecule has 6 heteroatoms. The van der Waals surface area contributed by atoms with Gasteiger partial charge in [-0.25, -0.2) is 0 Å². The highest BCUT2D eigenvalue weighted by molar-refractivity contribution is 5.86. The number of nitrogens with zero attached hydrogens (tertiary/aromatic N) is 1. The molecule has 0 heterocycles. The Morgan fingerprint density at radius 3 is 2.75 bits per heavy atom. The summed E-state index contributed by atoms with van der Waals surface area (Å²) in [7, 11) is 0. The van der Waals surface area contributed by atoms with Gasteiger partial charge in [-0.05, 0) is 38.2 Å². The third-order valence-corrected chi connectivity index (χ3v) is 3.97. The Bertz CT molecular complexity index is 551. The number of nitro groups is 1. The SMILES string of the molecule is Cc1c(CNC(=O)C(C)(N)C2CC2)cccc1[N+](=O)[O-].